The van der Waals surface area contributed by atoms with Gasteiger partial charge in [-0.2, -0.15) is 0 Å². The summed E-state index contributed by atoms with van der Waals surface area (Å²) in [4.78, 5) is 0.309. The molecule has 0 heterocycles. The fourth-order valence-corrected chi connectivity index (χ4v) is 1.45. The number of hydrogen-bond acceptors (Lipinski definition) is 3. The van der Waals surface area contributed by atoms with E-state index in [-0.39, 0.29) is 0 Å². The van der Waals surface area contributed by atoms with Crippen LogP contribution in [0.4, 0.5) is 0 Å². The number of sulfone groups is 1. The molecule has 0 aliphatic rings. The molecule has 3 nitrogen and oxygen atoms in total. The zero-order valence-electron chi connectivity index (χ0n) is 6.94. The Morgan fingerprint density at radius 1 is 1.17 bits per heavy atom. The second-order valence-corrected chi connectivity index (χ2v) is 4.46. The first-order valence-corrected chi connectivity index (χ1v) is 5.27. The van der Waals surface area contributed by atoms with Crippen molar-refractivity contribution >= 4 is 9.84 Å². The van der Waals surface area contributed by atoms with E-state index in [9.17, 15) is 8.42 Å². The Bertz CT molecular complexity index is 350. The van der Waals surface area contributed by atoms with Gasteiger partial charge in [-0.25, -0.2) is 8.42 Å². The fraction of sp³-hybridized carbons (Fsp3) is 0.250. The lowest BCUT2D eigenvalue weighted by Crippen LogP contribution is -1.96. The summed E-state index contributed by atoms with van der Waals surface area (Å²) in [5.41, 5.74) is 0. The van der Waals surface area contributed by atoms with Gasteiger partial charge in [-0.05, 0) is 24.3 Å². The van der Waals surface area contributed by atoms with Gasteiger partial charge in [0.05, 0.1) is 12.0 Å². The molecule has 0 amide bonds. The number of hydrogen-bond donors (Lipinski definition) is 0. The van der Waals surface area contributed by atoms with E-state index in [0.29, 0.717) is 10.6 Å². The average molecular weight is 186 g/mol. The highest BCUT2D eigenvalue weighted by molar-refractivity contribution is 7.90. The molecule has 0 saturated carbocycles. The van der Waals surface area contributed by atoms with Crippen LogP contribution in [0.5, 0.6) is 5.75 Å². The third-order valence-electron chi connectivity index (χ3n) is 1.49. The molecule has 66 valence electrons. The molecule has 1 aromatic rings. The van der Waals surface area contributed by atoms with Crippen LogP contribution in [0.3, 0.4) is 0 Å². The van der Waals surface area contributed by atoms with E-state index in [1.807, 2.05) is 0 Å². The van der Waals surface area contributed by atoms with Crippen LogP contribution in [0.1, 0.15) is 0 Å². The molecule has 0 N–H and O–H groups in total. The Morgan fingerprint density at radius 2 is 1.67 bits per heavy atom. The fourth-order valence-electron chi connectivity index (χ4n) is 0.823. The minimum Gasteiger partial charge on any atom is -0.497 e. The van der Waals surface area contributed by atoms with E-state index in [0.717, 1.165) is 0 Å². The molecule has 0 aromatic heterocycles. The maximum atomic E-state index is 11.0. The maximum absolute atomic E-state index is 11.0. The molecule has 0 fully saturated rings. The predicted octanol–water partition coefficient (Wildman–Crippen LogP) is 1.10. The van der Waals surface area contributed by atoms with Crippen LogP contribution >= 0.6 is 0 Å². The van der Waals surface area contributed by atoms with Gasteiger partial charge in [0.25, 0.3) is 0 Å². The largest absolute Gasteiger partial charge is 0.497 e. The van der Waals surface area contributed by atoms with E-state index in [2.05, 4.69) is 0 Å². The van der Waals surface area contributed by atoms with Gasteiger partial charge >= 0.3 is 0 Å². The molecule has 0 radical (unpaired) electrons. The first-order chi connectivity index (χ1) is 5.54. The number of benzene rings is 1. The minimum atomic E-state index is -3.08. The summed E-state index contributed by atoms with van der Waals surface area (Å²) < 4.78 is 26.9. The van der Waals surface area contributed by atoms with Gasteiger partial charge in [0.15, 0.2) is 9.84 Å². The van der Waals surface area contributed by atoms with E-state index in [1.165, 1.54) is 25.5 Å². The average Bonchev–Trinajstić information content (AvgIpc) is 2.03. The van der Waals surface area contributed by atoms with E-state index < -0.39 is 9.84 Å². The van der Waals surface area contributed by atoms with Gasteiger partial charge in [0.2, 0.25) is 0 Å². The highest BCUT2D eigenvalue weighted by atomic mass is 32.2. The van der Waals surface area contributed by atoms with Gasteiger partial charge in [0, 0.05) is 6.26 Å². The number of ether oxygens (including phenoxy) is 1. The van der Waals surface area contributed by atoms with Crippen molar-refractivity contribution in [1.82, 2.24) is 0 Å². The molecule has 0 unspecified atom stereocenters. The third kappa shape index (κ3) is 1.98. The highest BCUT2D eigenvalue weighted by Crippen LogP contribution is 2.14. The monoisotopic (exact) mass is 186 g/mol. The van der Waals surface area contributed by atoms with Crippen molar-refractivity contribution in [3.05, 3.63) is 24.3 Å². The van der Waals surface area contributed by atoms with Crippen molar-refractivity contribution in [3.63, 3.8) is 0 Å². The van der Waals surface area contributed by atoms with Crippen molar-refractivity contribution in [2.75, 3.05) is 13.4 Å². The van der Waals surface area contributed by atoms with Gasteiger partial charge < -0.3 is 4.74 Å². The summed E-state index contributed by atoms with van der Waals surface area (Å²) in [5.74, 6) is 0.655. The summed E-state index contributed by atoms with van der Waals surface area (Å²) in [5, 5.41) is 0. The first kappa shape index (κ1) is 9.06. The van der Waals surface area contributed by atoms with Crippen LogP contribution in [-0.4, -0.2) is 21.8 Å². The Labute approximate surface area is 71.9 Å². The molecular formula is C8H10O3S. The molecule has 0 bridgehead atoms. The summed E-state index contributed by atoms with van der Waals surface area (Å²) in [7, 11) is -1.55. The smallest absolute Gasteiger partial charge is 0.175 e. The summed E-state index contributed by atoms with van der Waals surface area (Å²) in [6.07, 6.45) is 1.18. The summed E-state index contributed by atoms with van der Waals surface area (Å²) in [6, 6.07) is 6.29. The quantitative estimate of drug-likeness (QED) is 0.694. The number of rotatable bonds is 2. The Hall–Kier alpha value is -1.03. The van der Waals surface area contributed by atoms with E-state index >= 15 is 0 Å². The van der Waals surface area contributed by atoms with Crippen LogP contribution in [0, 0.1) is 0 Å². The Kier molecular flexibility index (Phi) is 2.38. The SMILES string of the molecule is COc1ccc(S(C)(=O)=O)cc1. The van der Waals surface area contributed by atoms with Crippen molar-refractivity contribution in [2.24, 2.45) is 0 Å². The van der Waals surface area contributed by atoms with Gasteiger partial charge in [-0.15, -0.1) is 0 Å². The Balaban J connectivity index is 3.09. The molecular weight excluding hydrogens is 176 g/mol. The second kappa shape index (κ2) is 3.15. The Morgan fingerprint density at radius 3 is 2.00 bits per heavy atom. The predicted molar refractivity (Wildman–Crippen MR) is 46.1 cm³/mol. The molecule has 12 heavy (non-hydrogen) atoms. The lowest BCUT2D eigenvalue weighted by Gasteiger charge is -2.00. The van der Waals surface area contributed by atoms with Crippen LogP contribution in [0.15, 0.2) is 29.2 Å². The topological polar surface area (TPSA) is 43.4 Å². The zero-order chi connectivity index (χ0) is 9.19. The van der Waals surface area contributed by atoms with Crippen molar-refractivity contribution in [1.29, 1.82) is 0 Å². The lowest BCUT2D eigenvalue weighted by molar-refractivity contribution is 0.414. The normalized spacial score (nSPS) is 11.2. The second-order valence-electron chi connectivity index (χ2n) is 2.45. The van der Waals surface area contributed by atoms with Crippen molar-refractivity contribution in [2.45, 2.75) is 4.90 Å². The van der Waals surface area contributed by atoms with E-state index in [1.54, 1.807) is 12.1 Å². The highest BCUT2D eigenvalue weighted by Gasteiger charge is 2.05. The van der Waals surface area contributed by atoms with Gasteiger partial charge in [0.1, 0.15) is 5.75 Å². The van der Waals surface area contributed by atoms with Crippen molar-refractivity contribution in [3.8, 4) is 5.75 Å². The lowest BCUT2D eigenvalue weighted by atomic mass is 10.3. The minimum absolute atomic E-state index is 0.309. The molecule has 4 heteroatoms. The van der Waals surface area contributed by atoms with Crippen LogP contribution in [0.2, 0.25) is 0 Å². The van der Waals surface area contributed by atoms with Crippen LogP contribution in [-0.2, 0) is 9.84 Å². The molecule has 0 aliphatic carbocycles. The molecule has 0 atom stereocenters. The molecule has 1 rings (SSSR count). The zero-order valence-corrected chi connectivity index (χ0v) is 7.76. The molecule has 0 spiro atoms. The van der Waals surface area contributed by atoms with E-state index in [4.69, 9.17) is 4.74 Å². The maximum Gasteiger partial charge on any atom is 0.175 e. The molecule has 0 aliphatic heterocycles. The standard InChI is InChI=1S/C8H10O3S/c1-11-7-3-5-8(6-4-7)12(2,9)10/h3-6H,1-2H3. The first-order valence-electron chi connectivity index (χ1n) is 3.38. The van der Waals surface area contributed by atoms with Gasteiger partial charge in [-0.1, -0.05) is 0 Å². The molecule has 0 saturated heterocycles. The van der Waals surface area contributed by atoms with Gasteiger partial charge in [-0.3, -0.25) is 0 Å². The van der Waals surface area contributed by atoms with Crippen LogP contribution in [0.25, 0.3) is 0 Å². The van der Waals surface area contributed by atoms with Crippen molar-refractivity contribution < 1.29 is 13.2 Å². The third-order valence-corrected chi connectivity index (χ3v) is 2.62. The molecule has 1 aromatic carbocycles. The summed E-state index contributed by atoms with van der Waals surface area (Å²) >= 11 is 0. The summed E-state index contributed by atoms with van der Waals surface area (Å²) in [6.45, 7) is 0. The van der Waals surface area contributed by atoms with Crippen LogP contribution < -0.4 is 4.74 Å². The number of methoxy groups -OCH3 is 1.